The first-order chi connectivity index (χ1) is 11.2. The summed E-state index contributed by atoms with van der Waals surface area (Å²) in [4.78, 5) is 21.7. The van der Waals surface area contributed by atoms with Gasteiger partial charge in [0.2, 0.25) is 5.91 Å². The first-order valence-electron chi connectivity index (χ1n) is 8.51. The van der Waals surface area contributed by atoms with E-state index in [1.807, 2.05) is 0 Å². The van der Waals surface area contributed by atoms with Crippen LogP contribution in [-0.2, 0) is 19.1 Å². The molecule has 0 aromatic rings. The molecule has 0 aromatic heterocycles. The Morgan fingerprint density at radius 1 is 0.870 bits per heavy atom. The number of carboxylic acids is 1. The van der Waals surface area contributed by atoms with Crippen molar-refractivity contribution in [2.75, 3.05) is 39.5 Å². The van der Waals surface area contributed by atoms with E-state index in [4.69, 9.17) is 20.3 Å². The van der Waals surface area contributed by atoms with Gasteiger partial charge in [-0.1, -0.05) is 32.1 Å². The second kappa shape index (κ2) is 17.2. The average molecular weight is 332 g/mol. The molecule has 4 N–H and O–H groups in total. The van der Waals surface area contributed by atoms with Crippen LogP contribution in [0, 0.1) is 0 Å². The van der Waals surface area contributed by atoms with Crippen molar-refractivity contribution in [3.05, 3.63) is 0 Å². The Balaban J connectivity index is 3.17. The molecule has 0 heterocycles. The molecule has 0 aliphatic carbocycles. The molecule has 0 saturated heterocycles. The highest BCUT2D eigenvalue weighted by Gasteiger charge is 2.01. The molecule has 0 atom stereocenters. The SMILES string of the molecule is NCCCCCCCCCC(=O)NCCOCCOCC(=O)O. The van der Waals surface area contributed by atoms with E-state index < -0.39 is 5.97 Å². The fourth-order valence-electron chi connectivity index (χ4n) is 2.04. The molecule has 0 rings (SSSR count). The molecule has 1 amide bonds. The number of nitrogens with two attached hydrogens (primary N) is 1. The van der Waals surface area contributed by atoms with Crippen LogP contribution in [0.25, 0.3) is 0 Å². The summed E-state index contributed by atoms with van der Waals surface area (Å²) in [5.74, 6) is -0.938. The van der Waals surface area contributed by atoms with Gasteiger partial charge in [-0.25, -0.2) is 4.79 Å². The molecule has 0 unspecified atom stereocenters. The van der Waals surface area contributed by atoms with Crippen LogP contribution in [0.5, 0.6) is 0 Å². The van der Waals surface area contributed by atoms with Gasteiger partial charge < -0.3 is 25.6 Å². The zero-order valence-electron chi connectivity index (χ0n) is 14.1. The standard InChI is InChI=1S/C16H32N2O5/c17-9-7-5-3-1-2-4-6-8-15(19)18-10-11-22-12-13-23-14-16(20)21/h1-14,17H2,(H,18,19)(H,20,21). The number of amides is 1. The molecule has 7 heteroatoms. The summed E-state index contributed by atoms with van der Waals surface area (Å²) in [6.07, 6.45) is 8.52. The van der Waals surface area contributed by atoms with Crippen molar-refractivity contribution in [2.45, 2.75) is 51.4 Å². The quantitative estimate of drug-likeness (QED) is 0.346. The van der Waals surface area contributed by atoms with Crippen molar-refractivity contribution in [1.82, 2.24) is 5.32 Å². The maximum Gasteiger partial charge on any atom is 0.329 e. The highest BCUT2D eigenvalue weighted by molar-refractivity contribution is 5.75. The molecule has 0 spiro atoms. The lowest BCUT2D eigenvalue weighted by molar-refractivity contribution is -0.142. The van der Waals surface area contributed by atoms with Gasteiger partial charge in [0.15, 0.2) is 0 Å². The number of carbonyl (C=O) groups excluding carboxylic acids is 1. The van der Waals surface area contributed by atoms with Gasteiger partial charge in [0, 0.05) is 13.0 Å². The predicted molar refractivity (Wildman–Crippen MR) is 88.3 cm³/mol. The van der Waals surface area contributed by atoms with Crippen LogP contribution in [0.3, 0.4) is 0 Å². The molecule has 23 heavy (non-hydrogen) atoms. The Morgan fingerprint density at radius 3 is 2.13 bits per heavy atom. The highest BCUT2D eigenvalue weighted by atomic mass is 16.5. The van der Waals surface area contributed by atoms with Crippen LogP contribution in [0.4, 0.5) is 0 Å². The van der Waals surface area contributed by atoms with E-state index in [9.17, 15) is 9.59 Å². The molecule has 0 saturated carbocycles. The Labute approximate surface area is 138 Å². The summed E-state index contributed by atoms with van der Waals surface area (Å²) in [5.41, 5.74) is 5.43. The third-order valence-corrected chi connectivity index (χ3v) is 3.27. The Morgan fingerprint density at radius 2 is 1.48 bits per heavy atom. The minimum atomic E-state index is -0.993. The van der Waals surface area contributed by atoms with Crippen molar-refractivity contribution >= 4 is 11.9 Å². The minimum Gasteiger partial charge on any atom is -0.480 e. The smallest absolute Gasteiger partial charge is 0.329 e. The van der Waals surface area contributed by atoms with E-state index in [0.29, 0.717) is 26.2 Å². The molecule has 0 fully saturated rings. The van der Waals surface area contributed by atoms with Crippen LogP contribution < -0.4 is 11.1 Å². The molecule has 0 bridgehead atoms. The van der Waals surface area contributed by atoms with Crippen molar-refractivity contribution < 1.29 is 24.2 Å². The normalized spacial score (nSPS) is 10.7. The van der Waals surface area contributed by atoms with Gasteiger partial charge in [0.25, 0.3) is 0 Å². The lowest BCUT2D eigenvalue weighted by Gasteiger charge is -2.07. The molecule has 0 aliphatic heterocycles. The predicted octanol–water partition coefficient (Wildman–Crippen LogP) is 1.30. The summed E-state index contributed by atoms with van der Waals surface area (Å²) < 4.78 is 10.0. The van der Waals surface area contributed by atoms with E-state index in [2.05, 4.69) is 5.32 Å². The fraction of sp³-hybridized carbons (Fsp3) is 0.875. The van der Waals surface area contributed by atoms with Gasteiger partial charge in [0.05, 0.1) is 19.8 Å². The number of hydrogen-bond acceptors (Lipinski definition) is 5. The van der Waals surface area contributed by atoms with E-state index in [0.717, 1.165) is 25.8 Å². The van der Waals surface area contributed by atoms with Crippen molar-refractivity contribution in [3.63, 3.8) is 0 Å². The minimum absolute atomic E-state index is 0.0545. The monoisotopic (exact) mass is 332 g/mol. The van der Waals surface area contributed by atoms with Crippen LogP contribution >= 0.6 is 0 Å². The van der Waals surface area contributed by atoms with E-state index in [1.54, 1.807) is 0 Å². The van der Waals surface area contributed by atoms with Gasteiger partial charge >= 0.3 is 5.97 Å². The number of unbranched alkanes of at least 4 members (excludes halogenated alkanes) is 6. The summed E-state index contributed by atoms with van der Waals surface area (Å²) in [7, 11) is 0. The lowest BCUT2D eigenvalue weighted by Crippen LogP contribution is -2.27. The number of hydrogen-bond donors (Lipinski definition) is 3. The van der Waals surface area contributed by atoms with Crippen LogP contribution in [0.15, 0.2) is 0 Å². The number of ether oxygens (including phenoxy) is 2. The van der Waals surface area contributed by atoms with Gasteiger partial charge in [-0.3, -0.25) is 4.79 Å². The summed E-state index contributed by atoms with van der Waals surface area (Å²) in [6.45, 7) is 1.91. The van der Waals surface area contributed by atoms with Gasteiger partial charge in [0.1, 0.15) is 6.61 Å². The topological polar surface area (TPSA) is 111 Å². The zero-order valence-corrected chi connectivity index (χ0v) is 14.1. The van der Waals surface area contributed by atoms with Crippen LogP contribution in [0.1, 0.15) is 51.4 Å². The fourth-order valence-corrected chi connectivity index (χ4v) is 2.04. The molecule has 136 valence electrons. The number of carbonyl (C=O) groups is 2. The van der Waals surface area contributed by atoms with E-state index in [1.165, 1.54) is 25.7 Å². The summed E-state index contributed by atoms with van der Waals surface area (Å²) >= 11 is 0. The molecule has 0 aromatic carbocycles. The average Bonchev–Trinajstić information content (AvgIpc) is 2.52. The maximum absolute atomic E-state index is 11.6. The number of carboxylic acid groups (broad SMARTS) is 1. The number of nitrogens with one attached hydrogen (secondary N) is 1. The third-order valence-electron chi connectivity index (χ3n) is 3.27. The highest BCUT2D eigenvalue weighted by Crippen LogP contribution is 2.08. The van der Waals surface area contributed by atoms with Crippen molar-refractivity contribution in [2.24, 2.45) is 5.73 Å². The van der Waals surface area contributed by atoms with E-state index in [-0.39, 0.29) is 19.1 Å². The van der Waals surface area contributed by atoms with Crippen molar-refractivity contribution in [3.8, 4) is 0 Å². The molecular weight excluding hydrogens is 300 g/mol. The third kappa shape index (κ3) is 18.8. The van der Waals surface area contributed by atoms with Crippen LogP contribution in [-0.4, -0.2) is 56.5 Å². The Kier molecular flexibility index (Phi) is 16.3. The lowest BCUT2D eigenvalue weighted by atomic mass is 10.1. The molecule has 7 nitrogen and oxygen atoms in total. The summed E-state index contributed by atoms with van der Waals surface area (Å²) in [5, 5.41) is 11.1. The maximum atomic E-state index is 11.6. The van der Waals surface area contributed by atoms with Gasteiger partial charge in [-0.15, -0.1) is 0 Å². The first-order valence-corrected chi connectivity index (χ1v) is 8.51. The summed E-state index contributed by atoms with van der Waals surface area (Å²) in [6, 6.07) is 0. The van der Waals surface area contributed by atoms with E-state index >= 15 is 0 Å². The van der Waals surface area contributed by atoms with Gasteiger partial charge in [-0.2, -0.15) is 0 Å². The van der Waals surface area contributed by atoms with Crippen molar-refractivity contribution in [1.29, 1.82) is 0 Å². The second-order valence-electron chi connectivity index (χ2n) is 5.42. The second-order valence-corrected chi connectivity index (χ2v) is 5.42. The molecular formula is C16H32N2O5. The number of aliphatic carboxylic acids is 1. The largest absolute Gasteiger partial charge is 0.480 e. The Hall–Kier alpha value is -1.18. The first kappa shape index (κ1) is 21.8. The zero-order chi connectivity index (χ0) is 17.2. The molecule has 0 radical (unpaired) electrons. The number of rotatable bonds is 17. The Bertz CT molecular complexity index is 300. The molecule has 0 aliphatic rings. The van der Waals surface area contributed by atoms with Gasteiger partial charge in [-0.05, 0) is 19.4 Å². The van der Waals surface area contributed by atoms with Crippen LogP contribution in [0.2, 0.25) is 0 Å².